The summed E-state index contributed by atoms with van der Waals surface area (Å²) in [6.07, 6.45) is 1.53. The first-order chi connectivity index (χ1) is 9.97. The van der Waals surface area contributed by atoms with E-state index in [2.05, 4.69) is 26.2 Å². The molecule has 1 aromatic heterocycles. The van der Waals surface area contributed by atoms with Crippen LogP contribution in [0.3, 0.4) is 0 Å². The summed E-state index contributed by atoms with van der Waals surface area (Å²) in [5.74, 6) is -0.00871. The molecule has 2 heterocycles. The number of nitrogens with zero attached hydrogens (tertiary/aromatic N) is 2. The molecule has 2 aromatic rings. The number of nitrogen functional groups attached to an aromatic ring is 1. The molecule has 7 heteroatoms. The van der Waals surface area contributed by atoms with Gasteiger partial charge in [0.2, 0.25) is 0 Å². The van der Waals surface area contributed by atoms with Gasteiger partial charge in [-0.2, -0.15) is 0 Å². The molecular weight excluding hydrogens is 336 g/mol. The predicted octanol–water partition coefficient (Wildman–Crippen LogP) is 2.40. The second-order valence-corrected chi connectivity index (χ2v) is 5.51. The van der Waals surface area contributed by atoms with Crippen molar-refractivity contribution in [3.8, 4) is 0 Å². The van der Waals surface area contributed by atoms with Crippen molar-refractivity contribution in [2.24, 2.45) is 0 Å². The van der Waals surface area contributed by atoms with E-state index in [0.717, 1.165) is 4.90 Å². The molecule has 3 rings (SSSR count). The van der Waals surface area contributed by atoms with Gasteiger partial charge in [0.1, 0.15) is 5.82 Å². The topological polar surface area (TPSA) is 88.3 Å². The summed E-state index contributed by atoms with van der Waals surface area (Å²) in [5, 5.41) is 3.08. The van der Waals surface area contributed by atoms with Gasteiger partial charge in [0, 0.05) is 12.7 Å². The molecule has 3 N–H and O–H groups in total. The Morgan fingerprint density at radius 3 is 2.62 bits per heavy atom. The summed E-state index contributed by atoms with van der Waals surface area (Å²) >= 11 is 3.36. The number of nitrogens with one attached hydrogen (secondary N) is 1. The molecule has 0 saturated heterocycles. The Balaban J connectivity index is 1.95. The third-order valence-corrected chi connectivity index (χ3v) is 3.82. The standard InChI is InChI=1S/C14H11BrN4O2/c1-19-13(20)9-3-2-8(5-10(9)14(19)21)18-12-11(15)4-7(16)6-17-12/h2-6H,16H2,1H3,(H,17,18). The molecule has 106 valence electrons. The Labute approximate surface area is 129 Å². The molecule has 0 aliphatic carbocycles. The summed E-state index contributed by atoms with van der Waals surface area (Å²) in [6, 6.07) is 6.73. The first-order valence-electron chi connectivity index (χ1n) is 6.12. The van der Waals surface area contributed by atoms with Crippen molar-refractivity contribution in [3.63, 3.8) is 0 Å². The number of carbonyl (C=O) groups is 2. The van der Waals surface area contributed by atoms with E-state index in [9.17, 15) is 9.59 Å². The number of pyridine rings is 1. The van der Waals surface area contributed by atoms with Crippen LogP contribution in [0.1, 0.15) is 20.7 Å². The molecule has 6 nitrogen and oxygen atoms in total. The molecule has 21 heavy (non-hydrogen) atoms. The van der Waals surface area contributed by atoms with Crippen LogP contribution in [-0.4, -0.2) is 28.7 Å². The van der Waals surface area contributed by atoms with E-state index in [0.29, 0.717) is 32.8 Å². The number of rotatable bonds is 2. The van der Waals surface area contributed by atoms with Gasteiger partial charge in [0.05, 0.1) is 27.5 Å². The van der Waals surface area contributed by atoms with E-state index >= 15 is 0 Å². The van der Waals surface area contributed by atoms with Crippen molar-refractivity contribution in [2.45, 2.75) is 0 Å². The molecule has 0 atom stereocenters. The molecule has 0 radical (unpaired) electrons. The molecule has 1 aromatic carbocycles. The molecular formula is C14H11BrN4O2. The van der Waals surface area contributed by atoms with E-state index in [1.807, 2.05) is 0 Å². The number of aromatic nitrogens is 1. The minimum absolute atomic E-state index is 0.284. The van der Waals surface area contributed by atoms with Gasteiger partial charge in [0.25, 0.3) is 11.8 Å². The monoisotopic (exact) mass is 346 g/mol. The lowest BCUT2D eigenvalue weighted by Crippen LogP contribution is -2.24. The highest BCUT2D eigenvalue weighted by Crippen LogP contribution is 2.29. The molecule has 0 fully saturated rings. The van der Waals surface area contributed by atoms with Crippen LogP contribution in [0.5, 0.6) is 0 Å². The van der Waals surface area contributed by atoms with Gasteiger partial charge in [-0.3, -0.25) is 14.5 Å². The van der Waals surface area contributed by atoms with E-state index in [1.54, 1.807) is 24.3 Å². The zero-order chi connectivity index (χ0) is 15.1. The Bertz CT molecular complexity index is 776. The van der Waals surface area contributed by atoms with Crippen LogP contribution in [-0.2, 0) is 0 Å². The van der Waals surface area contributed by atoms with Gasteiger partial charge < -0.3 is 11.1 Å². The largest absolute Gasteiger partial charge is 0.397 e. The minimum atomic E-state index is -0.303. The van der Waals surface area contributed by atoms with E-state index in [-0.39, 0.29) is 11.8 Å². The number of hydrogen-bond acceptors (Lipinski definition) is 5. The fourth-order valence-corrected chi connectivity index (χ4v) is 2.59. The first kappa shape index (κ1) is 13.6. The maximum atomic E-state index is 12.0. The number of carbonyl (C=O) groups excluding carboxylic acids is 2. The Morgan fingerprint density at radius 1 is 1.19 bits per heavy atom. The van der Waals surface area contributed by atoms with Crippen LogP contribution in [0.2, 0.25) is 0 Å². The number of imide groups is 1. The Hall–Kier alpha value is -2.41. The van der Waals surface area contributed by atoms with E-state index < -0.39 is 0 Å². The lowest BCUT2D eigenvalue weighted by Gasteiger charge is -2.08. The third-order valence-electron chi connectivity index (χ3n) is 3.21. The Kier molecular flexibility index (Phi) is 3.13. The van der Waals surface area contributed by atoms with Gasteiger partial charge in [-0.15, -0.1) is 0 Å². The normalized spacial score (nSPS) is 13.5. The van der Waals surface area contributed by atoms with E-state index in [1.165, 1.54) is 13.2 Å². The molecule has 0 bridgehead atoms. The van der Waals surface area contributed by atoms with Crippen molar-refractivity contribution in [1.29, 1.82) is 0 Å². The summed E-state index contributed by atoms with van der Waals surface area (Å²) in [7, 11) is 1.47. The molecule has 0 spiro atoms. The van der Waals surface area contributed by atoms with Crippen molar-refractivity contribution >= 4 is 44.9 Å². The van der Waals surface area contributed by atoms with Crippen molar-refractivity contribution in [2.75, 3.05) is 18.1 Å². The second-order valence-electron chi connectivity index (χ2n) is 4.65. The average molecular weight is 347 g/mol. The maximum absolute atomic E-state index is 12.0. The van der Waals surface area contributed by atoms with E-state index in [4.69, 9.17) is 5.73 Å². The van der Waals surface area contributed by atoms with Crippen LogP contribution in [0.15, 0.2) is 34.9 Å². The molecule has 1 aliphatic heterocycles. The number of anilines is 3. The van der Waals surface area contributed by atoms with Crippen LogP contribution in [0.25, 0.3) is 0 Å². The van der Waals surface area contributed by atoms with Crippen molar-refractivity contribution < 1.29 is 9.59 Å². The summed E-state index contributed by atoms with van der Waals surface area (Å²) in [5.41, 5.74) is 7.65. The van der Waals surface area contributed by atoms with Gasteiger partial charge in [0.15, 0.2) is 0 Å². The lowest BCUT2D eigenvalue weighted by molar-refractivity contribution is 0.0693. The van der Waals surface area contributed by atoms with Crippen LogP contribution in [0.4, 0.5) is 17.2 Å². The SMILES string of the molecule is CN1C(=O)c2ccc(Nc3ncc(N)cc3Br)cc2C1=O. The van der Waals surface area contributed by atoms with Crippen molar-refractivity contribution in [3.05, 3.63) is 46.1 Å². The fourth-order valence-electron chi connectivity index (χ4n) is 2.12. The first-order valence-corrected chi connectivity index (χ1v) is 6.91. The number of amides is 2. The quantitative estimate of drug-likeness (QED) is 0.815. The second kappa shape index (κ2) is 4.85. The number of benzene rings is 1. The predicted molar refractivity (Wildman–Crippen MR) is 82.5 cm³/mol. The summed E-state index contributed by atoms with van der Waals surface area (Å²) < 4.78 is 0.711. The average Bonchev–Trinajstić information content (AvgIpc) is 2.67. The molecule has 2 amide bonds. The summed E-state index contributed by atoms with van der Waals surface area (Å²) in [4.78, 5) is 29.1. The zero-order valence-electron chi connectivity index (χ0n) is 11.1. The maximum Gasteiger partial charge on any atom is 0.261 e. The van der Waals surface area contributed by atoms with Gasteiger partial charge in [-0.25, -0.2) is 4.98 Å². The molecule has 1 aliphatic rings. The summed E-state index contributed by atoms with van der Waals surface area (Å²) in [6.45, 7) is 0. The number of fused-ring (bicyclic) bond motifs is 1. The van der Waals surface area contributed by atoms with Crippen molar-refractivity contribution in [1.82, 2.24) is 9.88 Å². The van der Waals surface area contributed by atoms with Crippen LogP contribution >= 0.6 is 15.9 Å². The fraction of sp³-hybridized carbons (Fsp3) is 0.0714. The van der Waals surface area contributed by atoms with Gasteiger partial charge >= 0.3 is 0 Å². The molecule has 0 saturated carbocycles. The third kappa shape index (κ3) is 2.25. The number of nitrogens with two attached hydrogens (primary N) is 1. The number of hydrogen-bond donors (Lipinski definition) is 2. The zero-order valence-corrected chi connectivity index (χ0v) is 12.6. The minimum Gasteiger partial charge on any atom is -0.397 e. The lowest BCUT2D eigenvalue weighted by atomic mass is 10.1. The smallest absolute Gasteiger partial charge is 0.261 e. The van der Waals surface area contributed by atoms with Crippen LogP contribution < -0.4 is 11.1 Å². The van der Waals surface area contributed by atoms with Gasteiger partial charge in [-0.05, 0) is 40.2 Å². The highest BCUT2D eigenvalue weighted by atomic mass is 79.9. The number of halogens is 1. The van der Waals surface area contributed by atoms with Crippen LogP contribution in [0, 0.1) is 0 Å². The highest BCUT2D eigenvalue weighted by Gasteiger charge is 2.32. The Morgan fingerprint density at radius 2 is 1.90 bits per heavy atom. The molecule has 0 unspecified atom stereocenters. The highest BCUT2D eigenvalue weighted by molar-refractivity contribution is 9.10. The van der Waals surface area contributed by atoms with Gasteiger partial charge in [-0.1, -0.05) is 0 Å².